The zero-order valence-corrected chi connectivity index (χ0v) is 7.23. The van der Waals surface area contributed by atoms with E-state index in [2.05, 4.69) is 4.98 Å². The van der Waals surface area contributed by atoms with Crippen LogP contribution in [0.1, 0.15) is 12.1 Å². The number of hydrogen-bond donors (Lipinski definition) is 1. The molecule has 0 aromatic carbocycles. The van der Waals surface area contributed by atoms with E-state index in [1.807, 2.05) is 4.57 Å². The van der Waals surface area contributed by atoms with Gasteiger partial charge in [-0.3, -0.25) is 0 Å². The summed E-state index contributed by atoms with van der Waals surface area (Å²) in [4.78, 5) is 3.93. The van der Waals surface area contributed by atoms with Crippen molar-refractivity contribution in [2.75, 3.05) is 13.7 Å². The van der Waals surface area contributed by atoms with Gasteiger partial charge < -0.3 is 14.4 Å². The topological polar surface area (TPSA) is 47.3 Å². The van der Waals surface area contributed by atoms with E-state index in [1.54, 1.807) is 19.6 Å². The molecule has 0 spiro atoms. The predicted molar refractivity (Wildman–Crippen MR) is 44.6 cm³/mol. The van der Waals surface area contributed by atoms with Crippen LogP contribution >= 0.6 is 0 Å². The lowest BCUT2D eigenvalue weighted by atomic mass is 10.4. The van der Waals surface area contributed by atoms with Crippen LogP contribution in [0.5, 0.6) is 0 Å². The molecule has 1 aromatic heterocycles. The molecule has 0 saturated carbocycles. The van der Waals surface area contributed by atoms with E-state index in [9.17, 15) is 0 Å². The number of methoxy groups -OCH3 is 1. The molecule has 0 amide bonds. The van der Waals surface area contributed by atoms with Crippen LogP contribution in [0.25, 0.3) is 0 Å². The SMILES string of the molecule is COCCCn1cncc1CO. The molecule has 12 heavy (non-hydrogen) atoms. The van der Waals surface area contributed by atoms with Crippen LogP contribution in [-0.4, -0.2) is 28.4 Å². The molecule has 1 heterocycles. The van der Waals surface area contributed by atoms with Crippen molar-refractivity contribution in [3.05, 3.63) is 18.2 Å². The second-order valence-electron chi connectivity index (χ2n) is 2.58. The summed E-state index contributed by atoms with van der Waals surface area (Å²) >= 11 is 0. The Labute approximate surface area is 71.8 Å². The minimum atomic E-state index is 0.0486. The zero-order valence-electron chi connectivity index (χ0n) is 7.23. The molecule has 0 atom stereocenters. The highest BCUT2D eigenvalue weighted by Crippen LogP contribution is 2.00. The Morgan fingerprint density at radius 2 is 2.50 bits per heavy atom. The Balaban J connectivity index is 2.39. The van der Waals surface area contributed by atoms with Crippen molar-refractivity contribution in [2.24, 2.45) is 0 Å². The predicted octanol–water partition coefficient (Wildman–Crippen LogP) is 0.412. The first-order valence-electron chi connectivity index (χ1n) is 3.97. The number of imidazole rings is 1. The van der Waals surface area contributed by atoms with Crippen LogP contribution in [0.15, 0.2) is 12.5 Å². The molecule has 0 radical (unpaired) electrons. The Morgan fingerprint density at radius 1 is 1.67 bits per heavy atom. The van der Waals surface area contributed by atoms with E-state index in [0.717, 1.165) is 25.3 Å². The summed E-state index contributed by atoms with van der Waals surface area (Å²) in [5, 5.41) is 8.87. The smallest absolute Gasteiger partial charge is 0.0948 e. The number of ether oxygens (including phenoxy) is 1. The van der Waals surface area contributed by atoms with Crippen molar-refractivity contribution in [3.8, 4) is 0 Å². The fourth-order valence-electron chi connectivity index (χ4n) is 1.06. The van der Waals surface area contributed by atoms with Gasteiger partial charge in [0.25, 0.3) is 0 Å². The van der Waals surface area contributed by atoms with E-state index < -0.39 is 0 Å². The summed E-state index contributed by atoms with van der Waals surface area (Å²) in [6.45, 7) is 1.64. The van der Waals surface area contributed by atoms with Gasteiger partial charge in [-0.1, -0.05) is 0 Å². The maximum atomic E-state index is 8.87. The first kappa shape index (κ1) is 9.22. The summed E-state index contributed by atoms with van der Waals surface area (Å²) in [6, 6.07) is 0. The third kappa shape index (κ3) is 2.32. The lowest BCUT2D eigenvalue weighted by Crippen LogP contribution is -2.03. The number of aliphatic hydroxyl groups is 1. The Kier molecular flexibility index (Phi) is 3.76. The van der Waals surface area contributed by atoms with Crippen LogP contribution in [0.3, 0.4) is 0 Å². The van der Waals surface area contributed by atoms with E-state index in [4.69, 9.17) is 9.84 Å². The summed E-state index contributed by atoms with van der Waals surface area (Å²) in [5.74, 6) is 0. The summed E-state index contributed by atoms with van der Waals surface area (Å²) < 4.78 is 6.85. The molecule has 0 saturated heterocycles. The van der Waals surface area contributed by atoms with Gasteiger partial charge in [-0.2, -0.15) is 0 Å². The number of aliphatic hydroxyl groups excluding tert-OH is 1. The van der Waals surface area contributed by atoms with Crippen LogP contribution in [0, 0.1) is 0 Å². The molecule has 0 fully saturated rings. The zero-order chi connectivity index (χ0) is 8.81. The minimum Gasteiger partial charge on any atom is -0.390 e. The Hall–Kier alpha value is -0.870. The van der Waals surface area contributed by atoms with Gasteiger partial charge in [0.2, 0.25) is 0 Å². The highest BCUT2D eigenvalue weighted by Gasteiger charge is 1.98. The molecule has 4 heteroatoms. The van der Waals surface area contributed by atoms with Gasteiger partial charge in [0.15, 0.2) is 0 Å². The molecule has 0 bridgehead atoms. The largest absolute Gasteiger partial charge is 0.390 e. The Bertz CT molecular complexity index is 223. The highest BCUT2D eigenvalue weighted by atomic mass is 16.5. The van der Waals surface area contributed by atoms with Gasteiger partial charge in [0.1, 0.15) is 0 Å². The van der Waals surface area contributed by atoms with Crippen molar-refractivity contribution in [1.29, 1.82) is 0 Å². The molecule has 0 aliphatic heterocycles. The molecule has 1 N–H and O–H groups in total. The van der Waals surface area contributed by atoms with Gasteiger partial charge in [-0.15, -0.1) is 0 Å². The van der Waals surface area contributed by atoms with Gasteiger partial charge >= 0.3 is 0 Å². The molecule has 1 aromatic rings. The fourth-order valence-corrected chi connectivity index (χ4v) is 1.06. The highest BCUT2D eigenvalue weighted by molar-refractivity contribution is 4.95. The fraction of sp³-hybridized carbons (Fsp3) is 0.625. The lowest BCUT2D eigenvalue weighted by molar-refractivity contribution is 0.189. The van der Waals surface area contributed by atoms with Crippen molar-refractivity contribution >= 4 is 0 Å². The second-order valence-corrected chi connectivity index (χ2v) is 2.58. The molecule has 0 aliphatic carbocycles. The number of aromatic nitrogens is 2. The van der Waals surface area contributed by atoms with E-state index in [0.29, 0.717) is 0 Å². The van der Waals surface area contributed by atoms with E-state index >= 15 is 0 Å². The van der Waals surface area contributed by atoms with E-state index in [-0.39, 0.29) is 6.61 Å². The standard InChI is InChI=1S/C8H14N2O2/c1-12-4-2-3-10-7-9-5-8(10)6-11/h5,7,11H,2-4,6H2,1H3. The third-order valence-corrected chi connectivity index (χ3v) is 1.71. The second kappa shape index (κ2) is 4.90. The van der Waals surface area contributed by atoms with Crippen molar-refractivity contribution < 1.29 is 9.84 Å². The first-order valence-corrected chi connectivity index (χ1v) is 3.97. The van der Waals surface area contributed by atoms with Crippen LogP contribution in [-0.2, 0) is 17.9 Å². The molecule has 0 unspecified atom stereocenters. The number of nitrogens with zero attached hydrogens (tertiary/aromatic N) is 2. The molecular weight excluding hydrogens is 156 g/mol. The summed E-state index contributed by atoms with van der Waals surface area (Å²) in [7, 11) is 1.68. The molecular formula is C8H14N2O2. The number of rotatable bonds is 5. The average Bonchev–Trinajstić information content (AvgIpc) is 2.52. The lowest BCUT2D eigenvalue weighted by Gasteiger charge is -2.04. The van der Waals surface area contributed by atoms with Crippen molar-refractivity contribution in [3.63, 3.8) is 0 Å². The monoisotopic (exact) mass is 170 g/mol. The molecule has 4 nitrogen and oxygen atoms in total. The number of hydrogen-bond acceptors (Lipinski definition) is 3. The van der Waals surface area contributed by atoms with Crippen molar-refractivity contribution in [1.82, 2.24) is 9.55 Å². The third-order valence-electron chi connectivity index (χ3n) is 1.71. The molecule has 1 rings (SSSR count). The minimum absolute atomic E-state index is 0.0486. The quantitative estimate of drug-likeness (QED) is 0.651. The van der Waals surface area contributed by atoms with Gasteiger partial charge in [-0.25, -0.2) is 4.98 Å². The Morgan fingerprint density at radius 3 is 3.17 bits per heavy atom. The summed E-state index contributed by atoms with van der Waals surface area (Å²) in [5.41, 5.74) is 0.853. The first-order chi connectivity index (χ1) is 5.88. The van der Waals surface area contributed by atoms with E-state index in [1.165, 1.54) is 0 Å². The average molecular weight is 170 g/mol. The molecule has 68 valence electrons. The van der Waals surface area contributed by atoms with Crippen LogP contribution in [0.2, 0.25) is 0 Å². The van der Waals surface area contributed by atoms with Crippen LogP contribution in [0.4, 0.5) is 0 Å². The molecule has 0 aliphatic rings. The normalized spacial score (nSPS) is 10.5. The van der Waals surface area contributed by atoms with Gasteiger partial charge in [0.05, 0.1) is 24.8 Å². The number of aryl methyl sites for hydroxylation is 1. The summed E-state index contributed by atoms with van der Waals surface area (Å²) in [6.07, 6.45) is 4.34. The van der Waals surface area contributed by atoms with Gasteiger partial charge in [0, 0.05) is 20.3 Å². The van der Waals surface area contributed by atoms with Crippen molar-refractivity contribution in [2.45, 2.75) is 19.6 Å². The maximum Gasteiger partial charge on any atom is 0.0948 e. The maximum absolute atomic E-state index is 8.87. The van der Waals surface area contributed by atoms with Crippen LogP contribution < -0.4 is 0 Å². The van der Waals surface area contributed by atoms with Gasteiger partial charge in [-0.05, 0) is 6.42 Å².